The number of carboxylic acids is 1. The summed E-state index contributed by atoms with van der Waals surface area (Å²) in [6, 6.07) is 4.03. The van der Waals surface area contributed by atoms with Crippen LogP contribution in [0.3, 0.4) is 0 Å². The van der Waals surface area contributed by atoms with Crippen molar-refractivity contribution in [1.29, 1.82) is 0 Å². The third-order valence-electron chi connectivity index (χ3n) is 2.69. The Hall–Kier alpha value is -1.38. The zero-order valence-electron chi connectivity index (χ0n) is 9.31. The molecule has 0 amide bonds. The largest absolute Gasteiger partial charge is 0.477 e. The molecule has 3 nitrogen and oxygen atoms in total. The van der Waals surface area contributed by atoms with Gasteiger partial charge in [-0.1, -0.05) is 13.8 Å². The van der Waals surface area contributed by atoms with Gasteiger partial charge in [-0.25, -0.2) is 4.79 Å². The normalized spacial score (nSPS) is 10.6. The van der Waals surface area contributed by atoms with Crippen LogP contribution in [0.25, 0.3) is 0 Å². The summed E-state index contributed by atoms with van der Waals surface area (Å²) in [5.74, 6) is -0.222. The SMILES string of the molecule is CCC(CC)c1cc[n+](CC(=O)O)cc1. The topological polar surface area (TPSA) is 41.2 Å². The van der Waals surface area contributed by atoms with Gasteiger partial charge in [0.25, 0.3) is 0 Å². The number of carbonyl (C=O) groups is 1. The number of hydrogen-bond donors (Lipinski definition) is 1. The molecule has 3 heteroatoms. The van der Waals surface area contributed by atoms with Gasteiger partial charge >= 0.3 is 5.97 Å². The van der Waals surface area contributed by atoms with E-state index < -0.39 is 5.97 Å². The summed E-state index contributed by atoms with van der Waals surface area (Å²) < 4.78 is 1.67. The van der Waals surface area contributed by atoms with E-state index in [0.29, 0.717) is 5.92 Å². The minimum absolute atomic E-state index is 0.0309. The highest BCUT2D eigenvalue weighted by atomic mass is 16.4. The summed E-state index contributed by atoms with van der Waals surface area (Å²) in [5, 5.41) is 8.62. The minimum atomic E-state index is -0.810. The zero-order chi connectivity index (χ0) is 11.3. The average molecular weight is 208 g/mol. The van der Waals surface area contributed by atoms with E-state index in [0.717, 1.165) is 12.8 Å². The first kappa shape index (κ1) is 11.7. The number of aromatic nitrogens is 1. The molecule has 0 aliphatic carbocycles. The van der Waals surface area contributed by atoms with Crippen molar-refractivity contribution < 1.29 is 14.5 Å². The highest BCUT2D eigenvalue weighted by Crippen LogP contribution is 2.21. The molecule has 0 saturated carbocycles. The van der Waals surface area contributed by atoms with Gasteiger partial charge in [0, 0.05) is 12.1 Å². The molecule has 1 rings (SSSR count). The lowest BCUT2D eigenvalue weighted by Gasteiger charge is -2.10. The summed E-state index contributed by atoms with van der Waals surface area (Å²) >= 11 is 0. The van der Waals surface area contributed by atoms with Crippen LogP contribution in [0, 0.1) is 0 Å². The van der Waals surface area contributed by atoms with E-state index in [4.69, 9.17) is 5.11 Å². The van der Waals surface area contributed by atoms with Crippen LogP contribution in [0.15, 0.2) is 24.5 Å². The first-order valence-electron chi connectivity index (χ1n) is 5.38. The maximum atomic E-state index is 10.5. The van der Waals surface area contributed by atoms with Gasteiger partial charge in [0.1, 0.15) is 0 Å². The summed E-state index contributed by atoms with van der Waals surface area (Å²) in [6.07, 6.45) is 5.92. The molecule has 0 bridgehead atoms. The van der Waals surface area contributed by atoms with E-state index >= 15 is 0 Å². The smallest absolute Gasteiger partial charge is 0.370 e. The monoisotopic (exact) mass is 208 g/mol. The van der Waals surface area contributed by atoms with Gasteiger partial charge < -0.3 is 5.11 Å². The van der Waals surface area contributed by atoms with E-state index in [1.165, 1.54) is 5.56 Å². The Balaban J connectivity index is 2.75. The maximum absolute atomic E-state index is 10.5. The minimum Gasteiger partial charge on any atom is -0.477 e. The van der Waals surface area contributed by atoms with Gasteiger partial charge in [-0.2, -0.15) is 4.57 Å². The van der Waals surface area contributed by atoms with Crippen LogP contribution in [-0.4, -0.2) is 11.1 Å². The second-order valence-electron chi connectivity index (χ2n) is 3.71. The predicted molar refractivity (Wildman–Crippen MR) is 57.6 cm³/mol. The van der Waals surface area contributed by atoms with Crippen molar-refractivity contribution in [3.05, 3.63) is 30.1 Å². The average Bonchev–Trinajstić information content (AvgIpc) is 2.21. The molecule has 0 radical (unpaired) electrons. The molecular formula is C12H18NO2+. The fourth-order valence-electron chi connectivity index (χ4n) is 1.76. The number of pyridine rings is 1. The molecule has 0 fully saturated rings. The van der Waals surface area contributed by atoms with Crippen molar-refractivity contribution in [3.63, 3.8) is 0 Å². The van der Waals surface area contributed by atoms with Crippen LogP contribution in [0.2, 0.25) is 0 Å². The van der Waals surface area contributed by atoms with Gasteiger partial charge in [-0.15, -0.1) is 0 Å². The van der Waals surface area contributed by atoms with Crippen molar-refractivity contribution >= 4 is 5.97 Å². The molecule has 82 valence electrons. The highest BCUT2D eigenvalue weighted by Gasteiger charge is 2.10. The third-order valence-corrected chi connectivity index (χ3v) is 2.69. The van der Waals surface area contributed by atoms with Crippen molar-refractivity contribution in [2.45, 2.75) is 39.2 Å². The Bertz CT molecular complexity index is 315. The third kappa shape index (κ3) is 3.35. The summed E-state index contributed by atoms with van der Waals surface area (Å²) in [7, 11) is 0. The van der Waals surface area contributed by atoms with Gasteiger partial charge in [0.2, 0.25) is 6.54 Å². The van der Waals surface area contributed by atoms with E-state index in [-0.39, 0.29) is 6.54 Å². The first-order valence-corrected chi connectivity index (χ1v) is 5.38. The number of carboxylic acid groups (broad SMARTS) is 1. The van der Waals surface area contributed by atoms with Crippen molar-refractivity contribution in [1.82, 2.24) is 0 Å². The number of nitrogens with zero attached hydrogens (tertiary/aromatic N) is 1. The quantitative estimate of drug-likeness (QED) is 0.751. The van der Waals surface area contributed by atoms with Crippen LogP contribution in [0.5, 0.6) is 0 Å². The molecule has 0 spiro atoms. The molecule has 1 heterocycles. The predicted octanol–water partition coefficient (Wildman–Crippen LogP) is 1.96. The lowest BCUT2D eigenvalue weighted by Crippen LogP contribution is -2.37. The van der Waals surface area contributed by atoms with Crippen LogP contribution in [0.1, 0.15) is 38.2 Å². The van der Waals surface area contributed by atoms with Gasteiger partial charge in [0.05, 0.1) is 0 Å². The van der Waals surface area contributed by atoms with Gasteiger partial charge in [-0.05, 0) is 24.3 Å². The Kier molecular flexibility index (Phi) is 4.28. The molecule has 0 saturated heterocycles. The second kappa shape index (κ2) is 5.49. The fraction of sp³-hybridized carbons (Fsp3) is 0.500. The van der Waals surface area contributed by atoms with Crippen LogP contribution in [-0.2, 0) is 11.3 Å². The molecule has 1 N–H and O–H groups in total. The fourth-order valence-corrected chi connectivity index (χ4v) is 1.76. The molecule has 0 atom stereocenters. The molecule has 0 aliphatic heterocycles. The van der Waals surface area contributed by atoms with E-state index in [9.17, 15) is 4.79 Å². The molecule has 0 aromatic carbocycles. The highest BCUT2D eigenvalue weighted by molar-refractivity contribution is 5.64. The number of rotatable bonds is 5. The Morgan fingerprint density at radius 3 is 2.27 bits per heavy atom. The second-order valence-corrected chi connectivity index (χ2v) is 3.71. The lowest BCUT2D eigenvalue weighted by molar-refractivity contribution is -0.685. The van der Waals surface area contributed by atoms with Crippen LogP contribution >= 0.6 is 0 Å². The van der Waals surface area contributed by atoms with Gasteiger partial charge in [0.15, 0.2) is 12.4 Å². The summed E-state index contributed by atoms with van der Waals surface area (Å²) in [6.45, 7) is 4.38. The molecule has 1 aromatic heterocycles. The zero-order valence-corrected chi connectivity index (χ0v) is 9.31. The molecule has 1 aromatic rings. The van der Waals surface area contributed by atoms with Crippen molar-refractivity contribution in [3.8, 4) is 0 Å². The Morgan fingerprint density at radius 1 is 1.33 bits per heavy atom. The molecule has 15 heavy (non-hydrogen) atoms. The van der Waals surface area contributed by atoms with Gasteiger partial charge in [-0.3, -0.25) is 0 Å². The lowest BCUT2D eigenvalue weighted by atomic mass is 9.95. The van der Waals surface area contributed by atoms with Crippen molar-refractivity contribution in [2.24, 2.45) is 0 Å². The molecule has 0 unspecified atom stereocenters. The van der Waals surface area contributed by atoms with Crippen LogP contribution in [0.4, 0.5) is 0 Å². The number of hydrogen-bond acceptors (Lipinski definition) is 1. The van der Waals surface area contributed by atoms with Crippen molar-refractivity contribution in [2.75, 3.05) is 0 Å². The Labute approximate surface area is 90.4 Å². The van der Waals surface area contributed by atoms with E-state index in [2.05, 4.69) is 13.8 Å². The Morgan fingerprint density at radius 2 is 1.87 bits per heavy atom. The summed E-state index contributed by atoms with van der Waals surface area (Å²) in [5.41, 5.74) is 1.29. The standard InChI is InChI=1S/C12H17NO2/c1-3-10(4-2)11-5-7-13(8-6-11)9-12(14)15/h5-8,10H,3-4,9H2,1-2H3/p+1. The maximum Gasteiger partial charge on any atom is 0.370 e. The first-order chi connectivity index (χ1) is 7.17. The molecular weight excluding hydrogens is 190 g/mol. The van der Waals surface area contributed by atoms with E-state index in [1.54, 1.807) is 4.57 Å². The summed E-state index contributed by atoms with van der Waals surface area (Å²) in [4.78, 5) is 10.5. The van der Waals surface area contributed by atoms with Crippen LogP contribution < -0.4 is 4.57 Å². The molecule has 0 aliphatic rings. The number of aliphatic carboxylic acids is 1. The van der Waals surface area contributed by atoms with E-state index in [1.807, 2.05) is 24.5 Å².